The van der Waals surface area contributed by atoms with Crippen LogP contribution in [0.2, 0.25) is 0 Å². The molecule has 2 rings (SSSR count). The van der Waals surface area contributed by atoms with Crippen LogP contribution in [0.3, 0.4) is 0 Å². The van der Waals surface area contributed by atoms with E-state index in [1.165, 1.54) is 44.3 Å². The normalized spacial score (nSPS) is 21.8. The van der Waals surface area contributed by atoms with E-state index in [2.05, 4.69) is 43.9 Å². The molecule has 0 N–H and O–H groups in total. The topological polar surface area (TPSA) is 3.24 Å². The van der Waals surface area contributed by atoms with Crippen LogP contribution in [0.5, 0.6) is 0 Å². The van der Waals surface area contributed by atoms with Crippen molar-refractivity contribution in [2.45, 2.75) is 72.8 Å². The summed E-state index contributed by atoms with van der Waals surface area (Å²) in [6.45, 7) is 13.5. The first-order chi connectivity index (χ1) is 9.74. The number of nitrogens with zero attached hydrogens (tertiary/aromatic N) is 1. The van der Waals surface area contributed by atoms with Gasteiger partial charge in [0.1, 0.15) is 0 Å². The SMILES string of the molecule is CC.CCC(C1=C(C)CC=CC=C1C)N1CCCCC1. The minimum absolute atomic E-state index is 0.640. The minimum atomic E-state index is 0.640. The number of piperidine rings is 1. The van der Waals surface area contributed by atoms with E-state index in [9.17, 15) is 0 Å². The highest BCUT2D eigenvalue weighted by molar-refractivity contribution is 5.42. The summed E-state index contributed by atoms with van der Waals surface area (Å²) < 4.78 is 0. The Kier molecular flexibility index (Phi) is 7.91. The highest BCUT2D eigenvalue weighted by atomic mass is 15.2. The molecule has 0 bridgehead atoms. The first kappa shape index (κ1) is 17.2. The maximum absolute atomic E-state index is 2.71. The van der Waals surface area contributed by atoms with Crippen molar-refractivity contribution in [3.05, 3.63) is 34.9 Å². The Labute approximate surface area is 126 Å². The van der Waals surface area contributed by atoms with Gasteiger partial charge in [-0.3, -0.25) is 4.90 Å². The standard InChI is InChI=1S/C17H27N.C2H6/c1-4-16(18-12-8-5-9-13-18)17-14(2)10-6-7-11-15(17)3;1-2/h6-7,10,16H,4-5,8-9,11-13H2,1-3H3;1-2H3. The molecular formula is C19H33N. The lowest BCUT2D eigenvalue weighted by Gasteiger charge is -2.36. The third-order valence-corrected chi connectivity index (χ3v) is 4.34. The molecule has 0 aromatic carbocycles. The van der Waals surface area contributed by atoms with Gasteiger partial charge in [-0.25, -0.2) is 0 Å². The summed E-state index contributed by atoms with van der Waals surface area (Å²) in [5.41, 5.74) is 4.65. The van der Waals surface area contributed by atoms with Crippen molar-refractivity contribution in [1.29, 1.82) is 0 Å². The van der Waals surface area contributed by atoms with Crippen LogP contribution >= 0.6 is 0 Å². The average molecular weight is 275 g/mol. The van der Waals surface area contributed by atoms with Gasteiger partial charge in [0.15, 0.2) is 0 Å². The second-order valence-electron chi connectivity index (χ2n) is 5.70. The van der Waals surface area contributed by atoms with E-state index in [-0.39, 0.29) is 0 Å². The summed E-state index contributed by atoms with van der Waals surface area (Å²) in [4.78, 5) is 2.71. The van der Waals surface area contributed by atoms with Gasteiger partial charge >= 0.3 is 0 Å². The predicted molar refractivity (Wildman–Crippen MR) is 91.1 cm³/mol. The monoisotopic (exact) mass is 275 g/mol. The molecule has 1 fully saturated rings. The van der Waals surface area contributed by atoms with Crippen LogP contribution in [0.15, 0.2) is 34.9 Å². The first-order valence-electron chi connectivity index (χ1n) is 8.51. The van der Waals surface area contributed by atoms with Gasteiger partial charge in [0, 0.05) is 6.04 Å². The Morgan fingerprint density at radius 2 is 1.75 bits per heavy atom. The molecular weight excluding hydrogens is 242 g/mol. The average Bonchev–Trinajstić information content (AvgIpc) is 2.66. The molecule has 1 atom stereocenters. The molecule has 20 heavy (non-hydrogen) atoms. The zero-order chi connectivity index (χ0) is 15.0. The van der Waals surface area contributed by atoms with Crippen LogP contribution in [0.1, 0.15) is 66.7 Å². The van der Waals surface area contributed by atoms with Crippen LogP contribution in [-0.2, 0) is 0 Å². The first-order valence-corrected chi connectivity index (χ1v) is 8.51. The predicted octanol–water partition coefficient (Wildman–Crippen LogP) is 5.50. The van der Waals surface area contributed by atoms with E-state index in [1.807, 2.05) is 13.8 Å². The maximum atomic E-state index is 2.71. The van der Waals surface area contributed by atoms with Crippen LogP contribution in [0.25, 0.3) is 0 Å². The summed E-state index contributed by atoms with van der Waals surface area (Å²) in [5, 5.41) is 0. The zero-order valence-electron chi connectivity index (χ0n) is 14.2. The second kappa shape index (κ2) is 9.18. The molecule has 0 amide bonds. The van der Waals surface area contributed by atoms with Gasteiger partial charge in [-0.15, -0.1) is 0 Å². The molecule has 1 nitrogen and oxygen atoms in total. The van der Waals surface area contributed by atoms with Gasteiger partial charge in [0.25, 0.3) is 0 Å². The van der Waals surface area contributed by atoms with Gasteiger partial charge < -0.3 is 0 Å². The maximum Gasteiger partial charge on any atom is 0.0347 e. The second-order valence-corrected chi connectivity index (χ2v) is 5.70. The molecule has 0 aromatic heterocycles. The van der Waals surface area contributed by atoms with Crippen molar-refractivity contribution in [2.75, 3.05) is 13.1 Å². The quantitative estimate of drug-likeness (QED) is 0.657. The molecule has 0 radical (unpaired) electrons. The lowest BCUT2D eigenvalue weighted by atomic mass is 9.90. The zero-order valence-corrected chi connectivity index (χ0v) is 14.2. The van der Waals surface area contributed by atoms with Crippen molar-refractivity contribution in [1.82, 2.24) is 4.90 Å². The summed E-state index contributed by atoms with van der Waals surface area (Å²) >= 11 is 0. The van der Waals surface area contributed by atoms with Crippen LogP contribution in [-0.4, -0.2) is 24.0 Å². The fraction of sp³-hybridized carbons (Fsp3) is 0.684. The summed E-state index contributed by atoms with van der Waals surface area (Å²) in [6, 6.07) is 0.640. The Hall–Kier alpha value is -0.820. The number of hydrogen-bond donors (Lipinski definition) is 0. The van der Waals surface area contributed by atoms with Crippen molar-refractivity contribution >= 4 is 0 Å². The highest BCUT2D eigenvalue weighted by Gasteiger charge is 2.24. The van der Waals surface area contributed by atoms with E-state index in [0.29, 0.717) is 6.04 Å². The van der Waals surface area contributed by atoms with Gasteiger partial charge in [-0.05, 0) is 63.8 Å². The van der Waals surface area contributed by atoms with Crippen LogP contribution in [0, 0.1) is 0 Å². The van der Waals surface area contributed by atoms with Gasteiger partial charge in [0.05, 0.1) is 0 Å². The summed E-state index contributed by atoms with van der Waals surface area (Å²) in [7, 11) is 0. The molecule has 1 unspecified atom stereocenters. The van der Waals surface area contributed by atoms with Crippen molar-refractivity contribution < 1.29 is 0 Å². The van der Waals surface area contributed by atoms with Gasteiger partial charge in [0.2, 0.25) is 0 Å². The van der Waals surface area contributed by atoms with E-state index in [4.69, 9.17) is 0 Å². The fourth-order valence-electron chi connectivity index (χ4n) is 3.42. The van der Waals surface area contributed by atoms with Crippen molar-refractivity contribution in [3.8, 4) is 0 Å². The molecule has 114 valence electrons. The molecule has 1 heteroatoms. The number of rotatable bonds is 3. The third kappa shape index (κ3) is 4.34. The third-order valence-electron chi connectivity index (χ3n) is 4.34. The molecule has 0 saturated carbocycles. The summed E-state index contributed by atoms with van der Waals surface area (Å²) in [5.74, 6) is 0. The largest absolute Gasteiger partial charge is 0.296 e. The van der Waals surface area contributed by atoms with E-state index in [0.717, 1.165) is 6.42 Å². The molecule has 0 spiro atoms. The van der Waals surface area contributed by atoms with E-state index in [1.54, 1.807) is 11.1 Å². The van der Waals surface area contributed by atoms with Crippen molar-refractivity contribution in [2.24, 2.45) is 0 Å². The number of allylic oxidation sites excluding steroid dienone is 4. The molecule has 1 aliphatic heterocycles. The molecule has 1 heterocycles. The molecule has 0 aromatic rings. The lowest BCUT2D eigenvalue weighted by molar-refractivity contribution is 0.180. The van der Waals surface area contributed by atoms with Gasteiger partial charge in [-0.1, -0.05) is 51.0 Å². The summed E-state index contributed by atoms with van der Waals surface area (Å²) in [6.07, 6.45) is 13.3. The molecule has 1 aliphatic carbocycles. The Balaban J connectivity index is 0.000000956. The Morgan fingerprint density at radius 1 is 1.10 bits per heavy atom. The smallest absolute Gasteiger partial charge is 0.0347 e. The number of hydrogen-bond acceptors (Lipinski definition) is 1. The van der Waals surface area contributed by atoms with Crippen molar-refractivity contribution in [3.63, 3.8) is 0 Å². The minimum Gasteiger partial charge on any atom is -0.296 e. The molecule has 1 saturated heterocycles. The van der Waals surface area contributed by atoms with E-state index >= 15 is 0 Å². The highest BCUT2D eigenvalue weighted by Crippen LogP contribution is 2.30. The lowest BCUT2D eigenvalue weighted by Crippen LogP contribution is -2.40. The Morgan fingerprint density at radius 3 is 2.35 bits per heavy atom. The van der Waals surface area contributed by atoms with E-state index < -0.39 is 0 Å². The number of likely N-dealkylation sites (tertiary alicyclic amines) is 1. The molecule has 2 aliphatic rings. The van der Waals surface area contributed by atoms with Crippen LogP contribution < -0.4 is 0 Å². The Bertz CT molecular complexity index is 367. The van der Waals surface area contributed by atoms with Gasteiger partial charge in [-0.2, -0.15) is 0 Å². The fourth-order valence-corrected chi connectivity index (χ4v) is 3.42. The van der Waals surface area contributed by atoms with Crippen LogP contribution in [0.4, 0.5) is 0 Å².